The first-order chi connectivity index (χ1) is 8.31. The summed E-state index contributed by atoms with van der Waals surface area (Å²) in [5, 5.41) is 0. The molecule has 1 saturated carbocycles. The zero-order valence-electron chi connectivity index (χ0n) is 11.7. The van der Waals surface area contributed by atoms with Gasteiger partial charge in [-0.25, -0.2) is 4.39 Å². The predicted molar refractivity (Wildman–Crippen MR) is 74.4 cm³/mol. The van der Waals surface area contributed by atoms with E-state index >= 15 is 0 Å². The average molecular weight is 249 g/mol. The first-order valence-electron chi connectivity index (χ1n) is 6.87. The van der Waals surface area contributed by atoms with Crippen molar-refractivity contribution in [2.75, 3.05) is 0 Å². The van der Waals surface area contributed by atoms with Crippen molar-refractivity contribution in [3.63, 3.8) is 0 Å². The molecular weight excluding hydrogens is 225 g/mol. The first kappa shape index (κ1) is 13.5. The Balaban J connectivity index is 2.23. The fourth-order valence-electron chi connectivity index (χ4n) is 2.80. The Hall–Kier alpha value is -0.890. The fraction of sp³-hybridized carbons (Fsp3) is 0.625. The highest BCUT2D eigenvalue weighted by molar-refractivity contribution is 5.31. The van der Waals surface area contributed by atoms with Crippen molar-refractivity contribution in [2.45, 2.75) is 63.6 Å². The summed E-state index contributed by atoms with van der Waals surface area (Å²) in [5.74, 6) is 0. The van der Waals surface area contributed by atoms with Crippen LogP contribution in [0.4, 0.5) is 4.39 Å². The van der Waals surface area contributed by atoms with Crippen LogP contribution in [-0.4, -0.2) is 6.04 Å². The second-order valence-corrected chi connectivity index (χ2v) is 6.65. The molecule has 1 aromatic rings. The average Bonchev–Trinajstić information content (AvgIpc) is 2.28. The molecule has 0 radical (unpaired) electrons. The third-order valence-electron chi connectivity index (χ3n) is 4.00. The van der Waals surface area contributed by atoms with Crippen molar-refractivity contribution in [1.82, 2.24) is 0 Å². The van der Waals surface area contributed by atoms with Gasteiger partial charge in [0.1, 0.15) is 5.67 Å². The standard InChI is InChI=1S/C16H24FN/c1-15(2,3)12-6-8-13(9-7-12)16(17)10-4-5-14(18)11-16/h6-9,14H,4-5,10-11,18H2,1-3H3. The summed E-state index contributed by atoms with van der Waals surface area (Å²) in [4.78, 5) is 0. The number of halogens is 1. The van der Waals surface area contributed by atoms with E-state index in [0.717, 1.165) is 18.4 Å². The molecule has 100 valence electrons. The molecule has 1 fully saturated rings. The molecule has 0 bridgehead atoms. The zero-order chi connectivity index (χ0) is 13.4. The van der Waals surface area contributed by atoms with E-state index in [9.17, 15) is 4.39 Å². The van der Waals surface area contributed by atoms with Gasteiger partial charge in [-0.1, -0.05) is 45.0 Å². The normalized spacial score (nSPS) is 29.3. The summed E-state index contributed by atoms with van der Waals surface area (Å²) in [6.45, 7) is 6.51. The summed E-state index contributed by atoms with van der Waals surface area (Å²) in [6.07, 6.45) is 2.90. The van der Waals surface area contributed by atoms with E-state index in [1.807, 2.05) is 12.1 Å². The maximum atomic E-state index is 14.9. The molecule has 0 aliphatic heterocycles. The van der Waals surface area contributed by atoms with Crippen LogP contribution in [0.2, 0.25) is 0 Å². The molecule has 0 saturated heterocycles. The lowest BCUT2D eigenvalue weighted by Gasteiger charge is -2.34. The van der Waals surface area contributed by atoms with E-state index in [0.29, 0.717) is 12.8 Å². The molecule has 0 spiro atoms. The van der Waals surface area contributed by atoms with Crippen molar-refractivity contribution in [3.05, 3.63) is 35.4 Å². The number of hydrogen-bond acceptors (Lipinski definition) is 1. The van der Waals surface area contributed by atoms with Crippen LogP contribution < -0.4 is 5.73 Å². The largest absolute Gasteiger partial charge is 0.328 e. The van der Waals surface area contributed by atoms with Crippen LogP contribution in [-0.2, 0) is 11.1 Å². The highest BCUT2D eigenvalue weighted by Crippen LogP contribution is 2.40. The Morgan fingerprint density at radius 1 is 1.22 bits per heavy atom. The highest BCUT2D eigenvalue weighted by Gasteiger charge is 2.36. The van der Waals surface area contributed by atoms with Crippen LogP contribution >= 0.6 is 0 Å². The Bertz CT molecular complexity index is 404. The van der Waals surface area contributed by atoms with Gasteiger partial charge in [0, 0.05) is 12.5 Å². The van der Waals surface area contributed by atoms with E-state index in [2.05, 4.69) is 32.9 Å². The van der Waals surface area contributed by atoms with Crippen LogP contribution in [0.1, 0.15) is 57.6 Å². The van der Waals surface area contributed by atoms with E-state index in [1.54, 1.807) is 0 Å². The molecule has 2 atom stereocenters. The van der Waals surface area contributed by atoms with Crippen LogP contribution in [0.3, 0.4) is 0 Å². The van der Waals surface area contributed by atoms with E-state index in [-0.39, 0.29) is 11.5 Å². The predicted octanol–water partition coefficient (Wildman–Crippen LogP) is 4.05. The molecule has 0 amide bonds. The minimum Gasteiger partial charge on any atom is -0.328 e. The van der Waals surface area contributed by atoms with Crippen molar-refractivity contribution in [2.24, 2.45) is 5.73 Å². The fourth-order valence-corrected chi connectivity index (χ4v) is 2.80. The number of alkyl halides is 1. The minimum atomic E-state index is -1.21. The SMILES string of the molecule is CC(C)(C)c1ccc(C2(F)CCCC(N)C2)cc1. The Labute approximate surface area is 110 Å². The van der Waals surface area contributed by atoms with Crippen molar-refractivity contribution in [1.29, 1.82) is 0 Å². The summed E-state index contributed by atoms with van der Waals surface area (Å²) >= 11 is 0. The lowest BCUT2D eigenvalue weighted by Crippen LogP contribution is -2.36. The smallest absolute Gasteiger partial charge is 0.137 e. The minimum absolute atomic E-state index is 0.00560. The molecule has 1 aromatic carbocycles. The van der Waals surface area contributed by atoms with Gasteiger partial charge in [0.2, 0.25) is 0 Å². The van der Waals surface area contributed by atoms with Crippen molar-refractivity contribution in [3.8, 4) is 0 Å². The highest BCUT2D eigenvalue weighted by atomic mass is 19.1. The zero-order valence-corrected chi connectivity index (χ0v) is 11.7. The van der Waals surface area contributed by atoms with Crippen LogP contribution in [0.25, 0.3) is 0 Å². The van der Waals surface area contributed by atoms with Crippen LogP contribution in [0.15, 0.2) is 24.3 Å². The summed E-state index contributed by atoms with van der Waals surface area (Å²) < 4.78 is 14.9. The Morgan fingerprint density at radius 3 is 2.33 bits per heavy atom. The van der Waals surface area contributed by atoms with Gasteiger partial charge in [-0.3, -0.25) is 0 Å². The maximum Gasteiger partial charge on any atom is 0.137 e. The molecule has 1 aliphatic rings. The van der Waals surface area contributed by atoms with E-state index in [4.69, 9.17) is 5.73 Å². The van der Waals surface area contributed by atoms with Gasteiger partial charge in [-0.2, -0.15) is 0 Å². The van der Waals surface area contributed by atoms with Crippen LogP contribution in [0.5, 0.6) is 0 Å². The van der Waals surface area contributed by atoms with Crippen molar-refractivity contribution < 1.29 is 4.39 Å². The van der Waals surface area contributed by atoms with E-state index < -0.39 is 5.67 Å². The lowest BCUT2D eigenvalue weighted by molar-refractivity contribution is 0.0947. The molecule has 0 aromatic heterocycles. The lowest BCUT2D eigenvalue weighted by atomic mass is 9.78. The molecule has 0 heterocycles. The second-order valence-electron chi connectivity index (χ2n) is 6.65. The van der Waals surface area contributed by atoms with Gasteiger partial charge in [0.05, 0.1) is 0 Å². The molecule has 1 aliphatic carbocycles. The summed E-state index contributed by atoms with van der Waals surface area (Å²) in [7, 11) is 0. The molecular formula is C16H24FN. The molecule has 2 N–H and O–H groups in total. The number of benzene rings is 1. The van der Waals surface area contributed by atoms with Gasteiger partial charge in [-0.15, -0.1) is 0 Å². The summed E-state index contributed by atoms with van der Waals surface area (Å²) in [6, 6.07) is 8.00. The quantitative estimate of drug-likeness (QED) is 0.798. The number of nitrogens with two attached hydrogens (primary N) is 1. The Kier molecular flexibility index (Phi) is 3.50. The Morgan fingerprint density at radius 2 is 1.83 bits per heavy atom. The van der Waals surface area contributed by atoms with Gasteiger partial charge in [0.15, 0.2) is 0 Å². The van der Waals surface area contributed by atoms with Gasteiger partial charge < -0.3 is 5.73 Å². The van der Waals surface area contributed by atoms with E-state index in [1.165, 1.54) is 5.56 Å². The molecule has 1 nitrogen and oxygen atoms in total. The monoisotopic (exact) mass is 249 g/mol. The third-order valence-corrected chi connectivity index (χ3v) is 4.00. The second kappa shape index (κ2) is 4.65. The topological polar surface area (TPSA) is 26.0 Å². The molecule has 2 unspecified atom stereocenters. The van der Waals surface area contributed by atoms with Crippen molar-refractivity contribution >= 4 is 0 Å². The maximum absolute atomic E-state index is 14.9. The summed E-state index contributed by atoms with van der Waals surface area (Å²) in [5.41, 5.74) is 6.85. The molecule has 2 rings (SSSR count). The number of hydrogen-bond donors (Lipinski definition) is 1. The van der Waals surface area contributed by atoms with Gasteiger partial charge in [-0.05, 0) is 35.8 Å². The van der Waals surface area contributed by atoms with Gasteiger partial charge in [0.25, 0.3) is 0 Å². The van der Waals surface area contributed by atoms with Crippen LogP contribution in [0, 0.1) is 0 Å². The third kappa shape index (κ3) is 2.74. The van der Waals surface area contributed by atoms with Gasteiger partial charge >= 0.3 is 0 Å². The molecule has 2 heteroatoms. The molecule has 18 heavy (non-hydrogen) atoms. The first-order valence-corrected chi connectivity index (χ1v) is 6.87. The number of rotatable bonds is 1.